The number of fused-ring (bicyclic) bond motifs is 2. The predicted molar refractivity (Wildman–Crippen MR) is 103 cm³/mol. The number of halogens is 2. The summed E-state index contributed by atoms with van der Waals surface area (Å²) in [5, 5.41) is 2.90. The van der Waals surface area contributed by atoms with Crippen molar-refractivity contribution in [2.45, 2.75) is 31.4 Å². The Morgan fingerprint density at radius 3 is 2.79 bits per heavy atom. The molecule has 29 heavy (non-hydrogen) atoms. The predicted octanol–water partition coefficient (Wildman–Crippen LogP) is 3.31. The Bertz CT molecular complexity index is 992. The van der Waals surface area contributed by atoms with Crippen molar-refractivity contribution in [3.63, 3.8) is 0 Å². The standard InChI is InChI=1S/C21H18ClFN2O4/c22-16-8-3-9-17(23)14(16)12-29-18(26)11-25-19(27)21(24-20(25)28)10-4-6-13-5-1-2-7-15(13)21/h1-3,5,7-9H,4,6,10-12H2,(H,24,28)/t21-/m0/s1. The van der Waals surface area contributed by atoms with Gasteiger partial charge in [0.1, 0.15) is 24.5 Å². The van der Waals surface area contributed by atoms with Gasteiger partial charge in [0.25, 0.3) is 5.91 Å². The van der Waals surface area contributed by atoms with Gasteiger partial charge in [0.2, 0.25) is 0 Å². The number of amides is 3. The van der Waals surface area contributed by atoms with Crippen molar-refractivity contribution in [1.29, 1.82) is 0 Å². The minimum Gasteiger partial charge on any atom is -0.459 e. The number of urea groups is 1. The number of hydrogen-bond acceptors (Lipinski definition) is 4. The molecule has 4 rings (SSSR count). The lowest BCUT2D eigenvalue weighted by atomic mass is 9.76. The second kappa shape index (κ2) is 7.48. The zero-order valence-electron chi connectivity index (χ0n) is 15.4. The number of ether oxygens (including phenoxy) is 1. The van der Waals surface area contributed by atoms with E-state index in [1.807, 2.05) is 24.3 Å². The van der Waals surface area contributed by atoms with Gasteiger partial charge in [-0.2, -0.15) is 0 Å². The summed E-state index contributed by atoms with van der Waals surface area (Å²) >= 11 is 5.91. The molecule has 1 aliphatic carbocycles. The molecule has 2 aliphatic rings. The molecule has 1 saturated heterocycles. The first-order valence-electron chi connectivity index (χ1n) is 9.23. The Kier molecular flexibility index (Phi) is 5.00. The number of esters is 1. The molecule has 150 valence electrons. The zero-order chi connectivity index (χ0) is 20.6. The lowest BCUT2D eigenvalue weighted by Gasteiger charge is -2.33. The van der Waals surface area contributed by atoms with Crippen molar-refractivity contribution >= 4 is 29.5 Å². The monoisotopic (exact) mass is 416 g/mol. The Morgan fingerprint density at radius 1 is 1.21 bits per heavy atom. The average Bonchev–Trinajstić information content (AvgIpc) is 2.93. The summed E-state index contributed by atoms with van der Waals surface area (Å²) < 4.78 is 18.9. The Morgan fingerprint density at radius 2 is 2.00 bits per heavy atom. The number of benzene rings is 2. The summed E-state index contributed by atoms with van der Waals surface area (Å²) in [6.07, 6.45) is 2.03. The maximum absolute atomic E-state index is 13.8. The van der Waals surface area contributed by atoms with Gasteiger partial charge in [-0.15, -0.1) is 0 Å². The second-order valence-electron chi connectivity index (χ2n) is 7.10. The number of carbonyl (C=O) groups excluding carboxylic acids is 3. The van der Waals surface area contributed by atoms with Gasteiger partial charge in [-0.1, -0.05) is 41.9 Å². The van der Waals surface area contributed by atoms with Crippen LogP contribution in [0.15, 0.2) is 42.5 Å². The van der Waals surface area contributed by atoms with Crippen LogP contribution in [0.3, 0.4) is 0 Å². The molecule has 0 aromatic heterocycles. The molecule has 2 aromatic carbocycles. The van der Waals surface area contributed by atoms with Crippen LogP contribution in [-0.4, -0.2) is 29.4 Å². The minimum atomic E-state index is -1.15. The molecule has 1 fully saturated rings. The van der Waals surface area contributed by atoms with Crippen molar-refractivity contribution in [3.8, 4) is 0 Å². The molecule has 1 aliphatic heterocycles. The number of hydrogen-bond donors (Lipinski definition) is 1. The molecule has 8 heteroatoms. The van der Waals surface area contributed by atoms with Crippen molar-refractivity contribution < 1.29 is 23.5 Å². The van der Waals surface area contributed by atoms with Crippen LogP contribution >= 0.6 is 11.6 Å². The quantitative estimate of drug-likeness (QED) is 0.613. The molecule has 6 nitrogen and oxygen atoms in total. The number of rotatable bonds is 4. The van der Waals surface area contributed by atoms with E-state index in [1.54, 1.807) is 0 Å². The Labute approximate surface area is 171 Å². The fourth-order valence-corrected chi connectivity index (χ4v) is 4.17. The van der Waals surface area contributed by atoms with E-state index in [2.05, 4.69) is 5.32 Å². The van der Waals surface area contributed by atoms with Crippen LogP contribution in [0.1, 0.15) is 29.5 Å². The van der Waals surface area contributed by atoms with E-state index < -0.39 is 35.8 Å². The normalized spacial score (nSPS) is 20.6. The highest BCUT2D eigenvalue weighted by Gasteiger charge is 2.54. The molecule has 0 unspecified atom stereocenters. The highest BCUT2D eigenvalue weighted by Crippen LogP contribution is 2.39. The van der Waals surface area contributed by atoms with Crippen molar-refractivity contribution in [1.82, 2.24) is 10.2 Å². The third-order valence-corrected chi connectivity index (χ3v) is 5.73. The first-order valence-corrected chi connectivity index (χ1v) is 9.61. The zero-order valence-corrected chi connectivity index (χ0v) is 16.2. The number of nitrogens with zero attached hydrogens (tertiary/aromatic N) is 1. The number of carbonyl (C=O) groups is 3. The van der Waals surface area contributed by atoms with Crippen LogP contribution < -0.4 is 5.32 Å². The lowest BCUT2D eigenvalue weighted by Crippen LogP contribution is -2.46. The SMILES string of the molecule is O=C(CN1C(=O)N[C@]2(CCCc3ccccc32)C1=O)OCc1c(F)cccc1Cl. The van der Waals surface area contributed by atoms with E-state index in [-0.39, 0.29) is 17.2 Å². The fourth-order valence-electron chi connectivity index (χ4n) is 3.95. The van der Waals surface area contributed by atoms with Gasteiger partial charge >= 0.3 is 12.0 Å². The van der Waals surface area contributed by atoms with Crippen LogP contribution in [0.2, 0.25) is 5.02 Å². The largest absolute Gasteiger partial charge is 0.459 e. The molecule has 0 bridgehead atoms. The summed E-state index contributed by atoms with van der Waals surface area (Å²) in [6.45, 7) is -0.942. The van der Waals surface area contributed by atoms with E-state index in [0.717, 1.165) is 28.9 Å². The third-order valence-electron chi connectivity index (χ3n) is 5.38. The van der Waals surface area contributed by atoms with Gasteiger partial charge in [-0.25, -0.2) is 9.18 Å². The number of imide groups is 1. The summed E-state index contributed by atoms with van der Waals surface area (Å²) in [7, 11) is 0. The fraction of sp³-hybridized carbons (Fsp3) is 0.286. The first-order chi connectivity index (χ1) is 13.9. The van der Waals surface area contributed by atoms with E-state index in [0.29, 0.717) is 6.42 Å². The smallest absolute Gasteiger partial charge is 0.326 e. The van der Waals surface area contributed by atoms with Crippen molar-refractivity contribution in [2.24, 2.45) is 0 Å². The van der Waals surface area contributed by atoms with Crippen LogP contribution in [-0.2, 0) is 32.9 Å². The average molecular weight is 417 g/mol. The van der Waals surface area contributed by atoms with Gasteiger partial charge in [-0.3, -0.25) is 14.5 Å². The third kappa shape index (κ3) is 3.35. The van der Waals surface area contributed by atoms with Gasteiger partial charge in [-0.05, 0) is 42.5 Å². The van der Waals surface area contributed by atoms with Crippen molar-refractivity contribution in [2.75, 3.05) is 6.54 Å². The molecule has 1 atom stereocenters. The van der Waals surface area contributed by atoms with Gasteiger partial charge < -0.3 is 10.1 Å². The summed E-state index contributed by atoms with van der Waals surface area (Å²) in [4.78, 5) is 38.7. The van der Waals surface area contributed by atoms with E-state index in [9.17, 15) is 18.8 Å². The minimum absolute atomic E-state index is 0.0393. The number of aryl methyl sites for hydroxylation is 1. The number of nitrogens with one attached hydrogen (secondary N) is 1. The van der Waals surface area contributed by atoms with Gasteiger partial charge in [0.15, 0.2) is 0 Å². The topological polar surface area (TPSA) is 75.7 Å². The second-order valence-corrected chi connectivity index (χ2v) is 7.51. The summed E-state index contributed by atoms with van der Waals surface area (Å²) in [5.41, 5.74) is 0.656. The first kappa shape index (κ1) is 19.4. The maximum atomic E-state index is 13.8. The van der Waals surface area contributed by atoms with Crippen LogP contribution in [0.25, 0.3) is 0 Å². The van der Waals surface area contributed by atoms with Crippen molar-refractivity contribution in [3.05, 3.63) is 70.0 Å². The van der Waals surface area contributed by atoms with E-state index >= 15 is 0 Å². The summed E-state index contributed by atoms with van der Waals surface area (Å²) in [6, 6.07) is 11.0. The highest BCUT2D eigenvalue weighted by atomic mass is 35.5. The lowest BCUT2D eigenvalue weighted by molar-refractivity contribution is -0.149. The molecular formula is C21H18ClFN2O4. The molecule has 1 heterocycles. The molecule has 3 amide bonds. The Balaban J connectivity index is 1.49. The van der Waals surface area contributed by atoms with E-state index in [4.69, 9.17) is 16.3 Å². The van der Waals surface area contributed by atoms with Crippen LogP contribution in [0.5, 0.6) is 0 Å². The molecule has 2 aromatic rings. The van der Waals surface area contributed by atoms with Crippen LogP contribution in [0.4, 0.5) is 9.18 Å². The Hall–Kier alpha value is -2.93. The highest BCUT2D eigenvalue weighted by molar-refractivity contribution is 6.31. The molecule has 0 saturated carbocycles. The van der Waals surface area contributed by atoms with Gasteiger partial charge in [0.05, 0.1) is 5.02 Å². The summed E-state index contributed by atoms with van der Waals surface area (Å²) in [5.74, 6) is -1.90. The molecule has 1 spiro atoms. The maximum Gasteiger partial charge on any atom is 0.326 e. The van der Waals surface area contributed by atoms with Gasteiger partial charge in [0, 0.05) is 5.56 Å². The molecule has 0 radical (unpaired) electrons. The molecular weight excluding hydrogens is 399 g/mol. The van der Waals surface area contributed by atoms with Crippen LogP contribution in [0, 0.1) is 5.82 Å². The van der Waals surface area contributed by atoms with E-state index in [1.165, 1.54) is 18.2 Å². The molecule has 1 N–H and O–H groups in total.